The quantitative estimate of drug-likeness (QED) is 0.210. The Morgan fingerprint density at radius 3 is 1.58 bits per heavy atom. The number of rotatable bonds is 4. The molecule has 0 saturated carbocycles. The third-order valence-corrected chi connectivity index (χ3v) is 8.66. The average molecular weight is 575 g/mol. The van der Waals surface area contributed by atoms with Crippen molar-refractivity contribution in [1.82, 2.24) is 19.5 Å². The highest BCUT2D eigenvalue weighted by molar-refractivity contribution is 6.17. The lowest BCUT2D eigenvalue weighted by Gasteiger charge is -2.16. The van der Waals surface area contributed by atoms with Gasteiger partial charge in [-0.05, 0) is 52.1 Å². The number of aromatic nitrogens is 4. The van der Waals surface area contributed by atoms with Crippen molar-refractivity contribution in [2.45, 2.75) is 0 Å². The number of benzene rings is 5. The zero-order chi connectivity index (χ0) is 29.7. The molecule has 0 fully saturated rings. The predicted molar refractivity (Wildman–Crippen MR) is 183 cm³/mol. The van der Waals surface area contributed by atoms with Gasteiger partial charge >= 0.3 is 0 Å². The monoisotopic (exact) mass is 574 g/mol. The predicted octanol–water partition coefficient (Wildman–Crippen LogP) is 10.1. The topological polar surface area (TPSA) is 43.6 Å². The molecule has 0 saturated heterocycles. The van der Waals surface area contributed by atoms with Gasteiger partial charge in [-0.2, -0.15) is 0 Å². The Kier molecular flexibility index (Phi) is 5.78. The fourth-order valence-corrected chi connectivity index (χ4v) is 6.72. The van der Waals surface area contributed by atoms with Crippen LogP contribution >= 0.6 is 0 Å². The maximum atomic E-state index is 5.28. The minimum absolute atomic E-state index is 0.607. The Balaban J connectivity index is 1.46. The van der Waals surface area contributed by atoms with E-state index in [1.54, 1.807) is 0 Å². The van der Waals surface area contributed by atoms with Gasteiger partial charge in [0.2, 0.25) is 5.95 Å². The second kappa shape index (κ2) is 10.2. The first-order valence-corrected chi connectivity index (χ1v) is 15.1. The molecule has 8 aromatic rings. The van der Waals surface area contributed by atoms with Crippen molar-refractivity contribution in [2.75, 3.05) is 0 Å². The van der Waals surface area contributed by atoms with Crippen LogP contribution in [0.15, 0.2) is 158 Å². The van der Waals surface area contributed by atoms with Crippen LogP contribution in [0.2, 0.25) is 0 Å². The van der Waals surface area contributed by atoms with Gasteiger partial charge in [-0.3, -0.25) is 9.55 Å². The summed E-state index contributed by atoms with van der Waals surface area (Å²) in [4.78, 5) is 15.5. The summed E-state index contributed by atoms with van der Waals surface area (Å²) in [7, 11) is 0. The fourth-order valence-electron chi connectivity index (χ4n) is 6.72. The maximum Gasteiger partial charge on any atom is 0.235 e. The van der Waals surface area contributed by atoms with E-state index < -0.39 is 0 Å². The van der Waals surface area contributed by atoms with E-state index >= 15 is 0 Å². The lowest BCUT2D eigenvalue weighted by atomic mass is 9.93. The van der Waals surface area contributed by atoms with Gasteiger partial charge in [0, 0.05) is 28.3 Å². The molecule has 3 heterocycles. The van der Waals surface area contributed by atoms with Gasteiger partial charge in [0.25, 0.3) is 0 Å². The van der Waals surface area contributed by atoms with E-state index in [1.807, 2.05) is 30.5 Å². The molecule has 0 amide bonds. The molecular weight excluding hydrogens is 548 g/mol. The fraction of sp³-hybridized carbons (Fsp3) is 0. The van der Waals surface area contributed by atoms with Crippen molar-refractivity contribution in [3.05, 3.63) is 158 Å². The molecule has 0 atom stereocenters. The normalized spacial score (nSPS) is 11.6. The molecule has 0 aliphatic heterocycles. The number of fused-ring (bicyclic) bond motifs is 5. The summed E-state index contributed by atoms with van der Waals surface area (Å²) < 4.78 is 2.22. The van der Waals surface area contributed by atoms with Gasteiger partial charge < -0.3 is 0 Å². The first-order valence-electron chi connectivity index (χ1n) is 15.1. The summed E-state index contributed by atoms with van der Waals surface area (Å²) in [6.07, 6.45) is 1.86. The van der Waals surface area contributed by atoms with Crippen molar-refractivity contribution in [1.29, 1.82) is 0 Å². The second-order valence-corrected chi connectivity index (χ2v) is 11.2. The van der Waals surface area contributed by atoms with Crippen molar-refractivity contribution in [3.8, 4) is 73.2 Å². The Bertz CT molecular complexity index is 2300. The number of pyridine rings is 1. The van der Waals surface area contributed by atoms with Crippen molar-refractivity contribution in [2.24, 2.45) is 0 Å². The third-order valence-electron chi connectivity index (χ3n) is 8.66. The first kappa shape index (κ1) is 25.4. The molecule has 0 spiro atoms. The van der Waals surface area contributed by atoms with Gasteiger partial charge in [0.15, 0.2) is 0 Å². The van der Waals surface area contributed by atoms with Crippen LogP contribution in [-0.2, 0) is 0 Å². The first-order chi connectivity index (χ1) is 22.3. The minimum atomic E-state index is 0.607. The van der Waals surface area contributed by atoms with Gasteiger partial charge in [-0.25, -0.2) is 9.97 Å². The standard InChI is InChI=1S/C41H26N4/c1-3-14-27(15-4-1)35-26-36(28-16-5-2-6-17-28)44-41(43-35)45-37-24-13-22-32-30-19-8-7-18-29(30)31-20-9-10-21-33(31)39(38(32)37)40(45)34-23-11-12-25-42-34/h1-26H. The molecule has 0 radical (unpaired) electrons. The molecule has 5 aromatic carbocycles. The largest absolute Gasteiger partial charge is 0.276 e. The maximum absolute atomic E-state index is 5.28. The number of nitrogens with zero attached hydrogens (tertiary/aromatic N) is 4. The zero-order valence-electron chi connectivity index (χ0n) is 24.3. The summed E-state index contributed by atoms with van der Waals surface area (Å²) in [6, 6.07) is 52.8. The van der Waals surface area contributed by atoms with Crippen LogP contribution < -0.4 is 0 Å². The Morgan fingerprint density at radius 2 is 0.956 bits per heavy atom. The summed E-state index contributed by atoms with van der Waals surface area (Å²) in [5.41, 5.74) is 13.8. The van der Waals surface area contributed by atoms with Gasteiger partial charge in [0.1, 0.15) is 0 Å². The van der Waals surface area contributed by atoms with E-state index in [1.165, 1.54) is 33.2 Å². The lowest BCUT2D eigenvalue weighted by molar-refractivity contribution is 0.970. The molecule has 0 bridgehead atoms. The van der Waals surface area contributed by atoms with Crippen molar-refractivity contribution in [3.63, 3.8) is 0 Å². The molecule has 4 heteroatoms. The van der Waals surface area contributed by atoms with E-state index in [0.29, 0.717) is 5.95 Å². The highest BCUT2D eigenvalue weighted by Gasteiger charge is 2.30. The smallest absolute Gasteiger partial charge is 0.235 e. The van der Waals surface area contributed by atoms with Gasteiger partial charge in [-0.15, -0.1) is 0 Å². The van der Waals surface area contributed by atoms with Crippen LogP contribution in [0.1, 0.15) is 0 Å². The summed E-state index contributed by atoms with van der Waals surface area (Å²) in [5, 5.41) is 1.17. The Hall–Kier alpha value is -6.13. The number of hydrogen-bond donors (Lipinski definition) is 0. The molecule has 3 aromatic heterocycles. The van der Waals surface area contributed by atoms with E-state index in [9.17, 15) is 0 Å². The molecule has 0 unspecified atom stereocenters. The molecule has 1 aliphatic carbocycles. The van der Waals surface area contributed by atoms with Gasteiger partial charge in [0.05, 0.1) is 28.3 Å². The van der Waals surface area contributed by atoms with Crippen LogP contribution in [0, 0.1) is 0 Å². The summed E-state index contributed by atoms with van der Waals surface area (Å²) in [6.45, 7) is 0. The molecule has 210 valence electrons. The molecule has 4 nitrogen and oxygen atoms in total. The van der Waals surface area contributed by atoms with Crippen LogP contribution in [0.3, 0.4) is 0 Å². The molecule has 1 aliphatic rings. The van der Waals surface area contributed by atoms with E-state index in [2.05, 4.69) is 132 Å². The SMILES string of the molecule is c1ccc(-c2cc(-c3ccccc3)nc(-n3c(-c4ccccn4)c4c5c(cccc53)-c3ccccc3-c3ccccc3-4)n2)cc1. The van der Waals surface area contributed by atoms with Crippen LogP contribution in [0.4, 0.5) is 0 Å². The number of hydrogen-bond acceptors (Lipinski definition) is 3. The molecule has 9 rings (SSSR count). The van der Waals surface area contributed by atoms with Crippen LogP contribution in [-0.4, -0.2) is 19.5 Å². The van der Waals surface area contributed by atoms with E-state index in [4.69, 9.17) is 15.0 Å². The molecule has 0 N–H and O–H groups in total. The van der Waals surface area contributed by atoms with Crippen molar-refractivity contribution >= 4 is 10.9 Å². The van der Waals surface area contributed by atoms with E-state index in [0.717, 1.165) is 45.0 Å². The summed E-state index contributed by atoms with van der Waals surface area (Å²) in [5.74, 6) is 0.607. The molecular formula is C41H26N4. The van der Waals surface area contributed by atoms with Crippen LogP contribution in [0.25, 0.3) is 84.1 Å². The second-order valence-electron chi connectivity index (χ2n) is 11.2. The minimum Gasteiger partial charge on any atom is -0.276 e. The molecule has 45 heavy (non-hydrogen) atoms. The van der Waals surface area contributed by atoms with E-state index in [-0.39, 0.29) is 0 Å². The van der Waals surface area contributed by atoms with Crippen molar-refractivity contribution < 1.29 is 0 Å². The third kappa shape index (κ3) is 4.04. The zero-order valence-corrected chi connectivity index (χ0v) is 24.3. The highest BCUT2D eigenvalue weighted by Crippen LogP contribution is 2.52. The Morgan fingerprint density at radius 1 is 0.422 bits per heavy atom. The summed E-state index contributed by atoms with van der Waals surface area (Å²) >= 11 is 0. The Labute approximate surface area is 261 Å². The lowest BCUT2D eigenvalue weighted by Crippen LogP contribution is -2.06. The van der Waals surface area contributed by atoms with Gasteiger partial charge in [-0.1, -0.05) is 127 Å². The van der Waals surface area contributed by atoms with Crippen LogP contribution in [0.5, 0.6) is 0 Å². The average Bonchev–Trinajstić information content (AvgIpc) is 3.42. The highest BCUT2D eigenvalue weighted by atomic mass is 15.2.